The standard InChI is InChI=1S/C54H42N4/c1-54(2,3)41-30-34-51-49(36-41)48-35-40(29-33-50(48)57(51)42-21-11-6-12-22-42)45-24-14-16-26-47(45)46-25-15-13-23-44(46)37-27-31-43(32-28-37)58-53(39-19-9-5-10-20-39)55-52(56-58)38-17-7-4-8-18-38/h4-36H,1-3H3. The molecule has 0 aliphatic carbocycles. The first kappa shape index (κ1) is 35.1. The summed E-state index contributed by atoms with van der Waals surface area (Å²) in [6.07, 6.45) is 0. The molecule has 0 amide bonds. The van der Waals surface area contributed by atoms with Crippen LogP contribution in [0, 0.1) is 0 Å². The van der Waals surface area contributed by atoms with Crippen LogP contribution >= 0.6 is 0 Å². The summed E-state index contributed by atoms with van der Waals surface area (Å²) < 4.78 is 4.36. The normalized spacial score (nSPS) is 11.7. The van der Waals surface area contributed by atoms with Gasteiger partial charge in [0.2, 0.25) is 0 Å². The van der Waals surface area contributed by atoms with Crippen molar-refractivity contribution in [2.24, 2.45) is 0 Å². The van der Waals surface area contributed by atoms with E-state index in [1.165, 1.54) is 55.2 Å². The van der Waals surface area contributed by atoms with Crippen LogP contribution in [0.25, 0.3) is 89.3 Å². The second-order valence-electron chi connectivity index (χ2n) is 15.9. The zero-order valence-electron chi connectivity index (χ0n) is 32.8. The lowest BCUT2D eigenvalue weighted by atomic mass is 9.86. The summed E-state index contributed by atoms with van der Waals surface area (Å²) in [6.45, 7) is 6.86. The Hall–Kier alpha value is -7.30. The molecule has 10 aromatic rings. The van der Waals surface area contributed by atoms with Crippen LogP contribution in [0.2, 0.25) is 0 Å². The second kappa shape index (κ2) is 14.3. The molecule has 4 nitrogen and oxygen atoms in total. The third-order valence-electron chi connectivity index (χ3n) is 11.2. The number of hydrogen-bond donors (Lipinski definition) is 0. The molecule has 8 aromatic carbocycles. The van der Waals surface area contributed by atoms with Gasteiger partial charge in [-0.3, -0.25) is 0 Å². The molecular weight excluding hydrogens is 705 g/mol. The van der Waals surface area contributed by atoms with Crippen molar-refractivity contribution in [3.8, 4) is 67.5 Å². The van der Waals surface area contributed by atoms with Gasteiger partial charge in [-0.1, -0.05) is 172 Å². The van der Waals surface area contributed by atoms with Crippen molar-refractivity contribution in [1.29, 1.82) is 0 Å². The van der Waals surface area contributed by atoms with E-state index in [1.54, 1.807) is 0 Å². The summed E-state index contributed by atoms with van der Waals surface area (Å²) in [6, 6.07) is 71.3. The molecule has 2 heterocycles. The van der Waals surface area contributed by atoms with Crippen LogP contribution in [-0.4, -0.2) is 19.3 Å². The number of benzene rings is 8. The first-order valence-corrected chi connectivity index (χ1v) is 19.9. The number of rotatable bonds is 7. The van der Waals surface area contributed by atoms with E-state index in [0.29, 0.717) is 5.82 Å². The van der Waals surface area contributed by atoms with E-state index in [0.717, 1.165) is 33.9 Å². The fraction of sp³-hybridized carbons (Fsp3) is 0.0741. The van der Waals surface area contributed by atoms with E-state index in [2.05, 4.69) is 189 Å². The lowest BCUT2D eigenvalue weighted by Gasteiger charge is -2.19. The topological polar surface area (TPSA) is 35.6 Å². The zero-order chi connectivity index (χ0) is 39.2. The molecule has 0 radical (unpaired) electrons. The summed E-state index contributed by atoms with van der Waals surface area (Å²) in [5, 5.41) is 7.54. The summed E-state index contributed by atoms with van der Waals surface area (Å²) in [5.41, 5.74) is 15.0. The van der Waals surface area contributed by atoms with Crippen molar-refractivity contribution in [2.45, 2.75) is 26.2 Å². The van der Waals surface area contributed by atoms with E-state index in [4.69, 9.17) is 10.1 Å². The maximum atomic E-state index is 5.02. The van der Waals surface area contributed by atoms with E-state index in [1.807, 2.05) is 41.1 Å². The average Bonchev–Trinajstić information content (AvgIpc) is 3.87. The second-order valence-corrected chi connectivity index (χ2v) is 15.9. The SMILES string of the molecule is CC(C)(C)c1ccc2c(c1)c1cc(-c3ccccc3-c3ccccc3-c3ccc(-n4nc(-c5ccccc5)nc4-c4ccccc4)cc3)ccc1n2-c1ccccc1. The lowest BCUT2D eigenvalue weighted by Crippen LogP contribution is -2.10. The maximum absolute atomic E-state index is 5.02. The van der Waals surface area contributed by atoms with Crippen LogP contribution in [0.15, 0.2) is 200 Å². The Balaban J connectivity index is 1.07. The van der Waals surface area contributed by atoms with Crippen LogP contribution in [0.3, 0.4) is 0 Å². The van der Waals surface area contributed by atoms with Crippen molar-refractivity contribution in [3.63, 3.8) is 0 Å². The lowest BCUT2D eigenvalue weighted by molar-refractivity contribution is 0.591. The number of hydrogen-bond acceptors (Lipinski definition) is 2. The molecule has 0 spiro atoms. The monoisotopic (exact) mass is 746 g/mol. The Morgan fingerprint density at radius 2 is 0.897 bits per heavy atom. The Morgan fingerprint density at radius 1 is 0.397 bits per heavy atom. The van der Waals surface area contributed by atoms with Crippen molar-refractivity contribution in [2.75, 3.05) is 0 Å². The van der Waals surface area contributed by atoms with Gasteiger partial charge in [0.25, 0.3) is 0 Å². The number of aromatic nitrogens is 4. The van der Waals surface area contributed by atoms with E-state index in [9.17, 15) is 0 Å². The summed E-state index contributed by atoms with van der Waals surface area (Å²) in [5.74, 6) is 1.50. The van der Waals surface area contributed by atoms with Gasteiger partial charge in [0.15, 0.2) is 11.6 Å². The third kappa shape index (κ3) is 6.29. The molecule has 0 bridgehead atoms. The number of para-hydroxylation sites is 1. The smallest absolute Gasteiger partial charge is 0.182 e. The maximum Gasteiger partial charge on any atom is 0.182 e. The molecule has 0 aliphatic rings. The highest BCUT2D eigenvalue weighted by Crippen LogP contribution is 2.42. The minimum Gasteiger partial charge on any atom is -0.309 e. The highest BCUT2D eigenvalue weighted by molar-refractivity contribution is 6.11. The van der Waals surface area contributed by atoms with Gasteiger partial charge in [0.05, 0.1) is 16.7 Å². The van der Waals surface area contributed by atoms with Gasteiger partial charge in [-0.25, -0.2) is 9.67 Å². The van der Waals surface area contributed by atoms with Gasteiger partial charge >= 0.3 is 0 Å². The highest BCUT2D eigenvalue weighted by Gasteiger charge is 2.20. The molecule has 0 N–H and O–H groups in total. The summed E-state index contributed by atoms with van der Waals surface area (Å²) in [4.78, 5) is 5.02. The van der Waals surface area contributed by atoms with Crippen molar-refractivity contribution < 1.29 is 0 Å². The van der Waals surface area contributed by atoms with Crippen LogP contribution in [0.4, 0.5) is 0 Å². The Morgan fingerprint density at radius 3 is 1.52 bits per heavy atom. The quantitative estimate of drug-likeness (QED) is 0.163. The minimum atomic E-state index is 0.0338. The Bertz CT molecular complexity index is 3060. The fourth-order valence-electron chi connectivity index (χ4n) is 8.21. The average molecular weight is 747 g/mol. The largest absolute Gasteiger partial charge is 0.309 e. The summed E-state index contributed by atoms with van der Waals surface area (Å²) in [7, 11) is 0. The molecule has 278 valence electrons. The Kier molecular flexibility index (Phi) is 8.68. The predicted octanol–water partition coefficient (Wildman–Crippen LogP) is 14.0. The molecule has 0 fully saturated rings. The van der Waals surface area contributed by atoms with Gasteiger partial charge < -0.3 is 4.57 Å². The molecule has 58 heavy (non-hydrogen) atoms. The molecule has 0 saturated heterocycles. The number of fused-ring (bicyclic) bond motifs is 3. The minimum absolute atomic E-state index is 0.0338. The highest BCUT2D eigenvalue weighted by atomic mass is 15.4. The molecular formula is C54H42N4. The van der Waals surface area contributed by atoms with Crippen LogP contribution in [0.5, 0.6) is 0 Å². The van der Waals surface area contributed by atoms with Gasteiger partial charge in [0, 0.05) is 27.6 Å². The molecule has 0 aliphatic heterocycles. The number of nitrogens with zero attached hydrogens (tertiary/aromatic N) is 4. The zero-order valence-corrected chi connectivity index (χ0v) is 32.8. The van der Waals surface area contributed by atoms with Gasteiger partial charge in [-0.05, 0) is 92.9 Å². The predicted molar refractivity (Wildman–Crippen MR) is 242 cm³/mol. The van der Waals surface area contributed by atoms with Crippen molar-refractivity contribution in [3.05, 3.63) is 206 Å². The van der Waals surface area contributed by atoms with Crippen molar-refractivity contribution >= 4 is 21.8 Å². The van der Waals surface area contributed by atoms with E-state index < -0.39 is 0 Å². The van der Waals surface area contributed by atoms with Crippen LogP contribution in [0.1, 0.15) is 26.3 Å². The van der Waals surface area contributed by atoms with E-state index in [-0.39, 0.29) is 5.41 Å². The van der Waals surface area contributed by atoms with Gasteiger partial charge in [-0.2, -0.15) is 0 Å². The van der Waals surface area contributed by atoms with Gasteiger partial charge in [-0.15, -0.1) is 5.10 Å². The molecule has 0 unspecified atom stereocenters. The fourth-order valence-corrected chi connectivity index (χ4v) is 8.21. The van der Waals surface area contributed by atoms with Crippen LogP contribution < -0.4 is 0 Å². The molecule has 4 heteroatoms. The van der Waals surface area contributed by atoms with Gasteiger partial charge in [0.1, 0.15) is 0 Å². The molecule has 2 aromatic heterocycles. The molecule has 10 rings (SSSR count). The Labute approximate surface area is 339 Å². The van der Waals surface area contributed by atoms with E-state index >= 15 is 0 Å². The summed E-state index contributed by atoms with van der Waals surface area (Å²) >= 11 is 0. The van der Waals surface area contributed by atoms with Crippen molar-refractivity contribution in [1.82, 2.24) is 19.3 Å². The molecule has 0 saturated carbocycles. The first-order chi connectivity index (χ1) is 28.4. The van der Waals surface area contributed by atoms with Crippen LogP contribution in [-0.2, 0) is 5.41 Å². The first-order valence-electron chi connectivity index (χ1n) is 19.9. The molecule has 0 atom stereocenters. The third-order valence-corrected chi connectivity index (χ3v) is 11.2.